The van der Waals surface area contributed by atoms with Crippen LogP contribution in [-0.2, 0) is 4.79 Å². The van der Waals surface area contributed by atoms with E-state index in [9.17, 15) is 15.0 Å². The van der Waals surface area contributed by atoms with E-state index in [1.54, 1.807) is 0 Å². The second kappa shape index (κ2) is 3.84. The molecule has 12 heavy (non-hydrogen) atoms. The number of amides is 1. The van der Waals surface area contributed by atoms with E-state index in [0.717, 1.165) is 0 Å². The summed E-state index contributed by atoms with van der Waals surface area (Å²) < 4.78 is 0. The van der Waals surface area contributed by atoms with Gasteiger partial charge in [0, 0.05) is 20.0 Å². The number of carbonyl (C=O) groups excluding carboxylic acids is 1. The highest BCUT2D eigenvalue weighted by Gasteiger charge is 2.30. The molecular formula is C7H14N2O3. The average molecular weight is 174 g/mol. The van der Waals surface area contributed by atoms with Crippen molar-refractivity contribution in [2.75, 3.05) is 13.1 Å². The molecule has 3 unspecified atom stereocenters. The second-order valence-electron chi connectivity index (χ2n) is 3.02. The third kappa shape index (κ3) is 2.17. The van der Waals surface area contributed by atoms with Gasteiger partial charge in [-0.05, 0) is 0 Å². The highest BCUT2D eigenvalue weighted by molar-refractivity contribution is 5.73. The van der Waals surface area contributed by atoms with Crippen LogP contribution in [0.4, 0.5) is 0 Å². The molecule has 3 atom stereocenters. The molecule has 0 spiro atoms. The third-order valence-corrected chi connectivity index (χ3v) is 1.91. The largest absolute Gasteiger partial charge is 0.389 e. The van der Waals surface area contributed by atoms with Crippen molar-refractivity contribution in [2.45, 2.75) is 25.2 Å². The molecule has 5 heteroatoms. The van der Waals surface area contributed by atoms with E-state index < -0.39 is 12.2 Å². The van der Waals surface area contributed by atoms with Crippen LogP contribution in [0.15, 0.2) is 0 Å². The highest BCUT2D eigenvalue weighted by Crippen LogP contribution is 2.03. The fourth-order valence-electron chi connectivity index (χ4n) is 1.29. The Morgan fingerprint density at radius 2 is 2.17 bits per heavy atom. The number of hydrogen-bond acceptors (Lipinski definition) is 4. The van der Waals surface area contributed by atoms with E-state index in [-0.39, 0.29) is 11.9 Å². The molecule has 1 amide bonds. The number of β-amino-alcohol motifs (C(OH)–C–C–N with tert-alkyl or cyclic N) is 1. The third-order valence-electron chi connectivity index (χ3n) is 1.91. The summed E-state index contributed by atoms with van der Waals surface area (Å²) >= 11 is 0. The van der Waals surface area contributed by atoms with Crippen LogP contribution in [-0.4, -0.2) is 47.5 Å². The maximum absolute atomic E-state index is 10.6. The number of carbonyl (C=O) groups is 1. The van der Waals surface area contributed by atoms with Crippen LogP contribution >= 0.6 is 0 Å². The van der Waals surface area contributed by atoms with Gasteiger partial charge in [-0.15, -0.1) is 0 Å². The van der Waals surface area contributed by atoms with Crippen molar-refractivity contribution in [3.05, 3.63) is 0 Å². The highest BCUT2D eigenvalue weighted by atomic mass is 16.3. The second-order valence-corrected chi connectivity index (χ2v) is 3.02. The van der Waals surface area contributed by atoms with Crippen molar-refractivity contribution in [1.29, 1.82) is 0 Å². The van der Waals surface area contributed by atoms with Gasteiger partial charge in [0.2, 0.25) is 5.91 Å². The zero-order valence-electron chi connectivity index (χ0n) is 6.95. The summed E-state index contributed by atoms with van der Waals surface area (Å²) in [6, 6.07) is -0.383. The molecule has 1 aliphatic rings. The quantitative estimate of drug-likeness (QED) is 0.364. The first-order valence-corrected chi connectivity index (χ1v) is 3.95. The number of aliphatic hydroxyl groups is 2. The van der Waals surface area contributed by atoms with Gasteiger partial charge < -0.3 is 20.8 Å². The van der Waals surface area contributed by atoms with Crippen molar-refractivity contribution in [2.24, 2.45) is 0 Å². The monoisotopic (exact) mass is 174 g/mol. The van der Waals surface area contributed by atoms with Crippen molar-refractivity contribution in [3.8, 4) is 0 Å². The maximum atomic E-state index is 10.6. The van der Waals surface area contributed by atoms with Crippen molar-refractivity contribution in [3.63, 3.8) is 0 Å². The summed E-state index contributed by atoms with van der Waals surface area (Å²) in [4.78, 5) is 10.6. The Hall–Kier alpha value is -0.650. The normalized spacial score (nSPS) is 36.1. The lowest BCUT2D eigenvalue weighted by atomic mass is 10.0. The van der Waals surface area contributed by atoms with Gasteiger partial charge in [0.25, 0.3) is 0 Å². The smallest absolute Gasteiger partial charge is 0.217 e. The minimum absolute atomic E-state index is 0.199. The minimum atomic E-state index is -0.866. The van der Waals surface area contributed by atoms with E-state index in [4.69, 9.17) is 0 Å². The van der Waals surface area contributed by atoms with Crippen molar-refractivity contribution < 1.29 is 15.0 Å². The number of rotatable bonds is 1. The Morgan fingerprint density at radius 1 is 1.50 bits per heavy atom. The van der Waals surface area contributed by atoms with Crippen LogP contribution in [0.25, 0.3) is 0 Å². The topological polar surface area (TPSA) is 81.6 Å². The molecule has 1 heterocycles. The lowest BCUT2D eigenvalue weighted by molar-refractivity contribution is -0.121. The van der Waals surface area contributed by atoms with Crippen LogP contribution < -0.4 is 10.6 Å². The summed E-state index contributed by atoms with van der Waals surface area (Å²) in [6.45, 7) is 2.25. The number of nitrogens with one attached hydrogen (secondary N) is 2. The van der Waals surface area contributed by atoms with Gasteiger partial charge >= 0.3 is 0 Å². The summed E-state index contributed by atoms with van der Waals surface area (Å²) in [5.41, 5.74) is 0. The van der Waals surface area contributed by atoms with E-state index in [0.29, 0.717) is 13.1 Å². The fourth-order valence-corrected chi connectivity index (χ4v) is 1.29. The summed E-state index contributed by atoms with van der Waals surface area (Å²) in [5.74, 6) is -0.199. The summed E-state index contributed by atoms with van der Waals surface area (Å²) in [6.07, 6.45) is -1.66. The van der Waals surface area contributed by atoms with E-state index in [1.165, 1.54) is 6.92 Å². The molecule has 0 aliphatic carbocycles. The molecule has 1 rings (SSSR count). The average Bonchev–Trinajstić information content (AvgIpc) is 1.98. The van der Waals surface area contributed by atoms with Crippen LogP contribution in [0, 0.1) is 0 Å². The van der Waals surface area contributed by atoms with Gasteiger partial charge in [-0.2, -0.15) is 0 Å². The number of aliphatic hydroxyl groups excluding tert-OH is 2. The molecule has 1 saturated heterocycles. The molecular weight excluding hydrogens is 160 g/mol. The summed E-state index contributed by atoms with van der Waals surface area (Å²) in [7, 11) is 0. The molecule has 0 aromatic heterocycles. The molecule has 0 bridgehead atoms. The van der Waals surface area contributed by atoms with E-state index in [1.807, 2.05) is 0 Å². The Morgan fingerprint density at radius 3 is 2.75 bits per heavy atom. The molecule has 0 saturated carbocycles. The summed E-state index contributed by atoms with van der Waals surface area (Å²) in [5, 5.41) is 24.0. The fraction of sp³-hybridized carbons (Fsp3) is 0.857. The lowest BCUT2D eigenvalue weighted by Gasteiger charge is -2.32. The predicted octanol–water partition coefficient (Wildman–Crippen LogP) is -2.18. The van der Waals surface area contributed by atoms with E-state index >= 15 is 0 Å². The minimum Gasteiger partial charge on any atom is -0.389 e. The van der Waals surface area contributed by atoms with Crippen molar-refractivity contribution in [1.82, 2.24) is 10.6 Å². The lowest BCUT2D eigenvalue weighted by Crippen LogP contribution is -2.59. The van der Waals surface area contributed by atoms with E-state index in [2.05, 4.69) is 10.6 Å². The molecule has 0 aromatic carbocycles. The molecule has 1 fully saturated rings. The SMILES string of the molecule is CC(=O)NC1CNCC(O)C1O. The van der Waals surface area contributed by atoms with Crippen molar-refractivity contribution >= 4 is 5.91 Å². The predicted molar refractivity (Wildman–Crippen MR) is 42.5 cm³/mol. The first kappa shape index (κ1) is 9.44. The Balaban J connectivity index is 2.46. The molecule has 0 radical (unpaired) electrons. The van der Waals surface area contributed by atoms with Gasteiger partial charge in [0.1, 0.15) is 6.10 Å². The zero-order valence-corrected chi connectivity index (χ0v) is 6.95. The van der Waals surface area contributed by atoms with Gasteiger partial charge in [-0.1, -0.05) is 0 Å². The molecule has 70 valence electrons. The Bertz CT molecular complexity index is 174. The van der Waals surface area contributed by atoms with Gasteiger partial charge in [0.15, 0.2) is 0 Å². The van der Waals surface area contributed by atoms with Crippen LogP contribution in [0.2, 0.25) is 0 Å². The zero-order chi connectivity index (χ0) is 9.14. The maximum Gasteiger partial charge on any atom is 0.217 e. The standard InChI is InChI=1S/C7H14N2O3/c1-4(10)9-5-2-8-3-6(11)7(5)12/h5-8,11-12H,2-3H2,1H3,(H,9,10). The Kier molecular flexibility index (Phi) is 3.02. The molecule has 4 N–H and O–H groups in total. The van der Waals surface area contributed by atoms with Gasteiger partial charge in [-0.3, -0.25) is 4.79 Å². The van der Waals surface area contributed by atoms with Crippen LogP contribution in [0.3, 0.4) is 0 Å². The van der Waals surface area contributed by atoms with Crippen LogP contribution in [0.1, 0.15) is 6.92 Å². The number of hydrogen-bond donors (Lipinski definition) is 4. The van der Waals surface area contributed by atoms with Gasteiger partial charge in [0.05, 0.1) is 12.1 Å². The molecule has 0 aromatic rings. The first-order chi connectivity index (χ1) is 5.61. The molecule has 1 aliphatic heterocycles. The van der Waals surface area contributed by atoms with Gasteiger partial charge in [-0.25, -0.2) is 0 Å². The molecule has 5 nitrogen and oxygen atoms in total. The Labute approximate surface area is 70.8 Å². The first-order valence-electron chi connectivity index (χ1n) is 3.95. The number of piperidine rings is 1. The van der Waals surface area contributed by atoms with Crippen LogP contribution in [0.5, 0.6) is 0 Å².